The van der Waals surface area contributed by atoms with Gasteiger partial charge < -0.3 is 10.5 Å². The number of rotatable bonds is 5. The van der Waals surface area contributed by atoms with E-state index in [9.17, 15) is 0 Å². The van der Waals surface area contributed by atoms with E-state index in [0.717, 1.165) is 27.7 Å². The van der Waals surface area contributed by atoms with Crippen LogP contribution in [-0.2, 0) is 17.8 Å². The molecule has 0 saturated carbocycles. The van der Waals surface area contributed by atoms with Crippen molar-refractivity contribution in [2.45, 2.75) is 13.0 Å². The summed E-state index contributed by atoms with van der Waals surface area (Å²) in [6.45, 7) is 1.22. The Morgan fingerprint density at radius 1 is 1.22 bits per heavy atom. The maximum Gasteiger partial charge on any atom is 0.0732 e. The fraction of sp³-hybridized carbons (Fsp3) is 0.214. The average Bonchev–Trinajstić information content (AvgIpc) is 2.37. The predicted molar refractivity (Wildman–Crippen MR) is 76.2 cm³/mol. The van der Waals surface area contributed by atoms with Gasteiger partial charge in [-0.25, -0.2) is 0 Å². The number of ether oxygens (including phenoxy) is 1. The van der Waals surface area contributed by atoms with E-state index in [0.29, 0.717) is 13.2 Å². The number of hydrogen-bond acceptors (Lipinski definition) is 3. The van der Waals surface area contributed by atoms with Gasteiger partial charge in [0, 0.05) is 22.6 Å². The van der Waals surface area contributed by atoms with E-state index in [4.69, 9.17) is 10.5 Å². The van der Waals surface area contributed by atoms with E-state index in [2.05, 4.69) is 20.9 Å². The minimum absolute atomic E-state index is 0.569. The zero-order valence-electron chi connectivity index (χ0n) is 9.97. The van der Waals surface area contributed by atoms with E-state index in [1.165, 1.54) is 0 Å². The van der Waals surface area contributed by atoms with Crippen molar-refractivity contribution in [2.75, 3.05) is 12.3 Å². The van der Waals surface area contributed by atoms with Gasteiger partial charge in [0.25, 0.3) is 0 Å². The second-order valence-electron chi connectivity index (χ2n) is 4.01. The summed E-state index contributed by atoms with van der Waals surface area (Å²) in [6.07, 6.45) is 4.39. The number of nitrogens with two attached hydrogens (primary N) is 1. The first kappa shape index (κ1) is 13.1. The van der Waals surface area contributed by atoms with Crippen molar-refractivity contribution >= 4 is 21.6 Å². The van der Waals surface area contributed by atoms with Crippen LogP contribution in [0.4, 0.5) is 5.69 Å². The van der Waals surface area contributed by atoms with Crippen molar-refractivity contribution in [3.63, 3.8) is 0 Å². The topological polar surface area (TPSA) is 48.1 Å². The molecule has 4 heteroatoms. The minimum atomic E-state index is 0.569. The van der Waals surface area contributed by atoms with Gasteiger partial charge in [0.1, 0.15) is 0 Å². The quantitative estimate of drug-likeness (QED) is 0.682. The number of para-hydroxylation sites is 1. The SMILES string of the molecule is Nc1ccccc1CCOCc1cncc(Br)c1. The molecule has 0 spiro atoms. The molecule has 0 fully saturated rings. The van der Waals surface area contributed by atoms with Crippen LogP contribution in [0.25, 0.3) is 0 Å². The van der Waals surface area contributed by atoms with E-state index in [-0.39, 0.29) is 0 Å². The third kappa shape index (κ3) is 3.82. The zero-order chi connectivity index (χ0) is 12.8. The Balaban J connectivity index is 1.78. The first-order valence-electron chi connectivity index (χ1n) is 5.76. The van der Waals surface area contributed by atoms with Gasteiger partial charge in [-0.1, -0.05) is 18.2 Å². The number of pyridine rings is 1. The summed E-state index contributed by atoms with van der Waals surface area (Å²) in [5, 5.41) is 0. The van der Waals surface area contributed by atoms with Crippen LogP contribution >= 0.6 is 15.9 Å². The van der Waals surface area contributed by atoms with Crippen LogP contribution < -0.4 is 5.73 Å². The maximum atomic E-state index is 5.86. The molecule has 1 aromatic carbocycles. The molecule has 0 aliphatic carbocycles. The Hall–Kier alpha value is -1.39. The van der Waals surface area contributed by atoms with Gasteiger partial charge in [-0.3, -0.25) is 4.98 Å². The summed E-state index contributed by atoms with van der Waals surface area (Å²) >= 11 is 3.38. The lowest BCUT2D eigenvalue weighted by atomic mass is 10.1. The number of nitrogens with zero attached hydrogens (tertiary/aromatic N) is 1. The Morgan fingerprint density at radius 3 is 2.83 bits per heavy atom. The van der Waals surface area contributed by atoms with Gasteiger partial charge in [0.2, 0.25) is 0 Å². The summed E-state index contributed by atoms with van der Waals surface area (Å²) in [4.78, 5) is 4.09. The first-order valence-corrected chi connectivity index (χ1v) is 6.55. The Bertz CT molecular complexity index is 517. The molecule has 2 aromatic rings. The summed E-state index contributed by atoms with van der Waals surface area (Å²) < 4.78 is 6.59. The monoisotopic (exact) mass is 306 g/mol. The van der Waals surface area contributed by atoms with Crippen molar-refractivity contribution in [1.82, 2.24) is 4.98 Å². The van der Waals surface area contributed by atoms with Crippen LogP contribution in [0.5, 0.6) is 0 Å². The zero-order valence-corrected chi connectivity index (χ0v) is 11.6. The van der Waals surface area contributed by atoms with E-state index in [1.807, 2.05) is 36.5 Å². The summed E-state index contributed by atoms with van der Waals surface area (Å²) in [5.41, 5.74) is 8.88. The third-order valence-electron chi connectivity index (χ3n) is 2.60. The molecule has 0 amide bonds. The highest BCUT2D eigenvalue weighted by molar-refractivity contribution is 9.10. The van der Waals surface area contributed by atoms with E-state index in [1.54, 1.807) is 6.20 Å². The van der Waals surface area contributed by atoms with Crippen LogP contribution in [0, 0.1) is 0 Å². The van der Waals surface area contributed by atoms with Crippen molar-refractivity contribution in [2.24, 2.45) is 0 Å². The van der Waals surface area contributed by atoms with Gasteiger partial charge in [0.05, 0.1) is 13.2 Å². The Kier molecular flexibility index (Phi) is 4.73. The van der Waals surface area contributed by atoms with Crippen LogP contribution in [-0.4, -0.2) is 11.6 Å². The highest BCUT2D eigenvalue weighted by Gasteiger charge is 1.99. The number of hydrogen-bond donors (Lipinski definition) is 1. The molecule has 0 atom stereocenters. The highest BCUT2D eigenvalue weighted by atomic mass is 79.9. The molecule has 0 radical (unpaired) electrons. The van der Waals surface area contributed by atoms with Crippen molar-refractivity contribution < 1.29 is 4.74 Å². The smallest absolute Gasteiger partial charge is 0.0732 e. The highest BCUT2D eigenvalue weighted by Crippen LogP contribution is 2.12. The molecule has 0 saturated heterocycles. The molecule has 0 aliphatic heterocycles. The van der Waals surface area contributed by atoms with Gasteiger partial charge in [0.15, 0.2) is 0 Å². The molecule has 0 bridgehead atoms. The van der Waals surface area contributed by atoms with Gasteiger partial charge in [-0.2, -0.15) is 0 Å². The molecule has 1 heterocycles. The number of halogens is 1. The summed E-state index contributed by atoms with van der Waals surface area (Å²) in [7, 11) is 0. The van der Waals surface area contributed by atoms with E-state index < -0.39 is 0 Å². The maximum absolute atomic E-state index is 5.86. The fourth-order valence-electron chi connectivity index (χ4n) is 1.67. The predicted octanol–water partition coefficient (Wildman–Crippen LogP) is 3.19. The number of benzene rings is 1. The normalized spacial score (nSPS) is 10.5. The fourth-order valence-corrected chi connectivity index (χ4v) is 2.08. The van der Waals surface area contributed by atoms with Crippen LogP contribution in [0.1, 0.15) is 11.1 Å². The molecule has 2 rings (SSSR count). The molecule has 18 heavy (non-hydrogen) atoms. The summed E-state index contributed by atoms with van der Waals surface area (Å²) in [6, 6.07) is 9.87. The van der Waals surface area contributed by atoms with Crippen LogP contribution in [0.15, 0.2) is 47.2 Å². The van der Waals surface area contributed by atoms with Crippen molar-refractivity contribution in [1.29, 1.82) is 0 Å². The second kappa shape index (κ2) is 6.52. The van der Waals surface area contributed by atoms with Crippen molar-refractivity contribution in [3.8, 4) is 0 Å². The second-order valence-corrected chi connectivity index (χ2v) is 4.93. The van der Waals surface area contributed by atoms with E-state index >= 15 is 0 Å². The molecule has 0 aliphatic rings. The average molecular weight is 307 g/mol. The van der Waals surface area contributed by atoms with Gasteiger partial charge >= 0.3 is 0 Å². The number of aromatic nitrogens is 1. The Labute approximate surface area is 115 Å². The van der Waals surface area contributed by atoms with Gasteiger partial charge in [-0.15, -0.1) is 0 Å². The molecule has 2 N–H and O–H groups in total. The van der Waals surface area contributed by atoms with Crippen LogP contribution in [0.3, 0.4) is 0 Å². The molecule has 94 valence electrons. The van der Waals surface area contributed by atoms with Crippen LogP contribution in [0.2, 0.25) is 0 Å². The molecule has 3 nitrogen and oxygen atoms in total. The lowest BCUT2D eigenvalue weighted by Gasteiger charge is -2.06. The first-order chi connectivity index (χ1) is 8.75. The van der Waals surface area contributed by atoms with Crippen molar-refractivity contribution in [3.05, 3.63) is 58.3 Å². The molecular formula is C14H15BrN2O. The molecular weight excluding hydrogens is 292 g/mol. The molecule has 1 aromatic heterocycles. The van der Waals surface area contributed by atoms with Gasteiger partial charge in [-0.05, 0) is 45.6 Å². The minimum Gasteiger partial charge on any atom is -0.399 e. The largest absolute Gasteiger partial charge is 0.399 e. The summed E-state index contributed by atoms with van der Waals surface area (Å²) in [5.74, 6) is 0. The number of anilines is 1. The number of nitrogen functional groups attached to an aromatic ring is 1. The molecule has 0 unspecified atom stereocenters. The lowest BCUT2D eigenvalue weighted by molar-refractivity contribution is 0.123. The lowest BCUT2D eigenvalue weighted by Crippen LogP contribution is -2.02. The Morgan fingerprint density at radius 2 is 2.06 bits per heavy atom. The standard InChI is InChI=1S/C14H15BrN2O/c15-13-7-11(8-17-9-13)10-18-6-5-12-3-1-2-4-14(12)16/h1-4,7-9H,5-6,10,16H2. The third-order valence-corrected chi connectivity index (χ3v) is 3.03.